The van der Waals surface area contributed by atoms with E-state index in [1.165, 1.54) is 30.7 Å². The molecule has 1 atom stereocenters. The number of carbonyl (C=O) groups is 3. The molecule has 29 heavy (non-hydrogen) atoms. The largest absolute Gasteiger partial charge is 0.339 e. The van der Waals surface area contributed by atoms with Crippen molar-refractivity contribution in [3.05, 3.63) is 30.1 Å². The number of urea groups is 1. The molecule has 6 nitrogen and oxygen atoms in total. The molecular formula is C22H28FN3O3. The lowest BCUT2D eigenvalue weighted by atomic mass is 9.87. The second kappa shape index (κ2) is 7.43. The van der Waals surface area contributed by atoms with Gasteiger partial charge in [-0.3, -0.25) is 9.59 Å². The fourth-order valence-corrected chi connectivity index (χ4v) is 4.90. The Balaban J connectivity index is 1.61. The van der Waals surface area contributed by atoms with Gasteiger partial charge in [0.05, 0.1) is 12.2 Å². The topological polar surface area (TPSA) is 60.9 Å². The van der Waals surface area contributed by atoms with Crippen molar-refractivity contribution in [2.45, 2.75) is 52.0 Å². The Morgan fingerprint density at radius 1 is 1.03 bits per heavy atom. The number of amides is 4. The van der Waals surface area contributed by atoms with Gasteiger partial charge in [-0.2, -0.15) is 0 Å². The van der Waals surface area contributed by atoms with Crippen molar-refractivity contribution in [1.82, 2.24) is 9.80 Å². The van der Waals surface area contributed by atoms with Crippen LogP contribution in [0.25, 0.3) is 0 Å². The normalized spacial score (nSPS) is 25.2. The fraction of sp³-hybridized carbons (Fsp3) is 0.591. The first-order valence-corrected chi connectivity index (χ1v) is 10.5. The molecule has 7 heteroatoms. The van der Waals surface area contributed by atoms with Gasteiger partial charge in [0, 0.05) is 24.4 Å². The van der Waals surface area contributed by atoms with Crippen LogP contribution in [-0.4, -0.2) is 53.3 Å². The maximum Gasteiger partial charge on any atom is 0.332 e. The maximum atomic E-state index is 13.3. The molecule has 0 bridgehead atoms. The lowest BCUT2D eigenvalue weighted by molar-refractivity contribution is -0.138. The van der Waals surface area contributed by atoms with E-state index in [0.717, 1.165) is 30.6 Å². The van der Waals surface area contributed by atoms with Crippen molar-refractivity contribution in [3.63, 3.8) is 0 Å². The molecule has 1 aromatic rings. The smallest absolute Gasteiger partial charge is 0.332 e. The van der Waals surface area contributed by atoms with E-state index in [0.29, 0.717) is 18.8 Å². The number of benzene rings is 1. The van der Waals surface area contributed by atoms with Crippen LogP contribution < -0.4 is 4.90 Å². The highest BCUT2D eigenvalue weighted by molar-refractivity contribution is 6.21. The van der Waals surface area contributed by atoms with E-state index in [1.54, 1.807) is 9.80 Å². The van der Waals surface area contributed by atoms with Crippen molar-refractivity contribution < 1.29 is 18.8 Å². The highest BCUT2D eigenvalue weighted by atomic mass is 19.1. The van der Waals surface area contributed by atoms with Gasteiger partial charge >= 0.3 is 6.03 Å². The standard InChI is InChI=1S/C22H28FN3O3/c1-22(2)13-24(19(27)15-6-4-3-5-7-15)12-18-20(28)26(21(29)25(18)14-22)17-10-8-16(23)9-11-17/h8-11,15,18H,3-7,12-14H2,1-2H3. The van der Waals surface area contributed by atoms with Crippen LogP contribution in [0.2, 0.25) is 0 Å². The third kappa shape index (κ3) is 3.74. The van der Waals surface area contributed by atoms with E-state index in [2.05, 4.69) is 0 Å². The lowest BCUT2D eigenvalue weighted by Gasteiger charge is -2.33. The minimum Gasteiger partial charge on any atom is -0.339 e. The zero-order valence-corrected chi connectivity index (χ0v) is 17.1. The fourth-order valence-electron chi connectivity index (χ4n) is 4.90. The number of hydrogen-bond donors (Lipinski definition) is 0. The van der Waals surface area contributed by atoms with Crippen molar-refractivity contribution in [3.8, 4) is 0 Å². The predicted molar refractivity (Wildman–Crippen MR) is 107 cm³/mol. The van der Waals surface area contributed by atoms with Crippen LogP contribution >= 0.6 is 0 Å². The van der Waals surface area contributed by atoms with Gasteiger partial charge in [0.1, 0.15) is 11.9 Å². The summed E-state index contributed by atoms with van der Waals surface area (Å²) in [6.45, 7) is 5.20. The molecule has 2 aliphatic heterocycles. The zero-order valence-electron chi connectivity index (χ0n) is 17.1. The first-order chi connectivity index (χ1) is 13.8. The molecule has 0 spiro atoms. The second-order valence-electron chi connectivity index (χ2n) is 9.29. The Hall–Kier alpha value is -2.44. The van der Waals surface area contributed by atoms with Gasteiger partial charge in [-0.15, -0.1) is 0 Å². The van der Waals surface area contributed by atoms with Crippen LogP contribution in [-0.2, 0) is 9.59 Å². The van der Waals surface area contributed by atoms with Crippen LogP contribution in [0.1, 0.15) is 46.0 Å². The Morgan fingerprint density at radius 2 is 1.69 bits per heavy atom. The number of anilines is 1. The first kappa shape index (κ1) is 19.9. The molecule has 2 heterocycles. The summed E-state index contributed by atoms with van der Waals surface area (Å²) in [7, 11) is 0. The highest BCUT2D eigenvalue weighted by Crippen LogP contribution is 2.34. The molecule has 1 saturated carbocycles. The molecule has 1 aliphatic carbocycles. The summed E-state index contributed by atoms with van der Waals surface area (Å²) in [5, 5.41) is 0. The van der Waals surface area contributed by atoms with Gasteiger partial charge in [0.25, 0.3) is 5.91 Å². The summed E-state index contributed by atoms with van der Waals surface area (Å²) in [6, 6.07) is 4.26. The molecule has 1 unspecified atom stereocenters. The summed E-state index contributed by atoms with van der Waals surface area (Å²) in [5.41, 5.74) is 0.0332. The Kier molecular flexibility index (Phi) is 5.09. The maximum absolute atomic E-state index is 13.3. The lowest BCUT2D eigenvalue weighted by Crippen LogP contribution is -2.46. The van der Waals surface area contributed by atoms with Gasteiger partial charge in [0.2, 0.25) is 5.91 Å². The van der Waals surface area contributed by atoms with E-state index in [4.69, 9.17) is 0 Å². The molecule has 3 aliphatic rings. The van der Waals surface area contributed by atoms with Crippen LogP contribution in [0.5, 0.6) is 0 Å². The molecule has 156 valence electrons. The third-order valence-electron chi connectivity index (χ3n) is 6.28. The summed E-state index contributed by atoms with van der Waals surface area (Å²) in [6.07, 6.45) is 5.11. The molecule has 2 saturated heterocycles. The van der Waals surface area contributed by atoms with Crippen molar-refractivity contribution in [1.29, 1.82) is 0 Å². The van der Waals surface area contributed by atoms with Gasteiger partial charge in [0.15, 0.2) is 0 Å². The predicted octanol–water partition coefficient (Wildman–Crippen LogP) is 3.41. The number of hydrogen-bond acceptors (Lipinski definition) is 3. The van der Waals surface area contributed by atoms with E-state index < -0.39 is 17.9 Å². The Labute approximate surface area is 170 Å². The molecule has 4 amide bonds. The summed E-state index contributed by atoms with van der Waals surface area (Å²) >= 11 is 0. The molecule has 0 N–H and O–H groups in total. The molecule has 4 rings (SSSR count). The molecule has 0 aromatic heterocycles. The van der Waals surface area contributed by atoms with Crippen molar-refractivity contribution in [2.75, 3.05) is 24.5 Å². The van der Waals surface area contributed by atoms with Crippen molar-refractivity contribution in [2.24, 2.45) is 11.3 Å². The molecule has 1 aromatic carbocycles. The quantitative estimate of drug-likeness (QED) is 0.714. The van der Waals surface area contributed by atoms with Gasteiger partial charge in [-0.25, -0.2) is 14.1 Å². The minimum atomic E-state index is -0.693. The first-order valence-electron chi connectivity index (χ1n) is 10.5. The number of imide groups is 1. The van der Waals surface area contributed by atoms with E-state index in [9.17, 15) is 18.8 Å². The van der Waals surface area contributed by atoms with Gasteiger partial charge in [-0.1, -0.05) is 33.1 Å². The average molecular weight is 401 g/mol. The van der Waals surface area contributed by atoms with E-state index in [1.807, 2.05) is 13.8 Å². The molecule has 0 radical (unpaired) electrons. The Bertz CT molecular complexity index is 817. The third-order valence-corrected chi connectivity index (χ3v) is 6.28. The number of carbonyl (C=O) groups excluding carboxylic acids is 3. The van der Waals surface area contributed by atoms with E-state index in [-0.39, 0.29) is 29.7 Å². The number of fused-ring (bicyclic) bond motifs is 1. The van der Waals surface area contributed by atoms with Gasteiger partial charge in [-0.05, 0) is 37.1 Å². The van der Waals surface area contributed by atoms with Crippen LogP contribution in [0.3, 0.4) is 0 Å². The van der Waals surface area contributed by atoms with Crippen molar-refractivity contribution >= 4 is 23.5 Å². The number of rotatable bonds is 2. The molecular weight excluding hydrogens is 373 g/mol. The van der Waals surface area contributed by atoms with Crippen LogP contribution in [0, 0.1) is 17.2 Å². The highest BCUT2D eigenvalue weighted by Gasteiger charge is 2.51. The number of halogens is 1. The molecule has 3 fully saturated rings. The summed E-state index contributed by atoms with van der Waals surface area (Å²) in [5.74, 6) is -0.639. The monoisotopic (exact) mass is 401 g/mol. The summed E-state index contributed by atoms with van der Waals surface area (Å²) < 4.78 is 13.3. The average Bonchev–Trinajstić information content (AvgIpc) is 2.83. The second-order valence-corrected chi connectivity index (χ2v) is 9.29. The Morgan fingerprint density at radius 3 is 2.34 bits per heavy atom. The minimum absolute atomic E-state index is 0.0199. The summed E-state index contributed by atoms with van der Waals surface area (Å²) in [4.78, 5) is 44.0. The number of nitrogens with zero attached hydrogens (tertiary/aromatic N) is 3. The van der Waals surface area contributed by atoms with Crippen LogP contribution in [0.15, 0.2) is 24.3 Å². The SMILES string of the molecule is CC1(C)CN(C(=O)C2CCCCC2)CC2C(=O)N(c3ccc(F)cc3)C(=O)N2C1. The zero-order chi connectivity index (χ0) is 20.8. The van der Waals surface area contributed by atoms with E-state index >= 15 is 0 Å². The van der Waals surface area contributed by atoms with Crippen LogP contribution in [0.4, 0.5) is 14.9 Å². The van der Waals surface area contributed by atoms with Gasteiger partial charge < -0.3 is 9.80 Å².